The van der Waals surface area contributed by atoms with Crippen LogP contribution in [0.4, 0.5) is 0 Å². The number of aromatic nitrogens is 1. The quantitative estimate of drug-likeness (QED) is 0.835. The molecule has 1 aliphatic heterocycles. The number of nitroso groups, excluding NO2 is 1. The molecule has 0 saturated carbocycles. The summed E-state index contributed by atoms with van der Waals surface area (Å²) in [6.45, 7) is 2.95. The molecule has 2 heterocycles. The lowest BCUT2D eigenvalue weighted by Gasteiger charge is -2.26. The number of carboxylic acid groups (broad SMARTS) is 1. The van der Waals surface area contributed by atoms with Crippen LogP contribution in [0.2, 0.25) is 0 Å². The Morgan fingerprint density at radius 3 is 2.65 bits per heavy atom. The second kappa shape index (κ2) is 4.79. The van der Waals surface area contributed by atoms with Crippen LogP contribution in [0, 0.1) is 11.8 Å². The number of piperidine rings is 1. The molecule has 0 spiro atoms. The van der Waals surface area contributed by atoms with E-state index in [1.807, 2.05) is 0 Å². The first-order chi connectivity index (χ1) is 8.11. The summed E-state index contributed by atoms with van der Waals surface area (Å²) in [6.07, 6.45) is 1.61. The molecule has 0 radical (unpaired) electrons. The normalized spacial score (nSPS) is 17.1. The van der Waals surface area contributed by atoms with E-state index in [1.54, 1.807) is 6.92 Å². The Kier molecular flexibility index (Phi) is 3.37. The number of rotatable bonds is 3. The molecule has 1 N–H and O–H groups in total. The van der Waals surface area contributed by atoms with Gasteiger partial charge in [0, 0.05) is 19.0 Å². The number of aryl methyl sites for hydroxylation is 1. The van der Waals surface area contributed by atoms with E-state index in [2.05, 4.69) is 10.3 Å². The third-order valence-corrected chi connectivity index (χ3v) is 4.25. The van der Waals surface area contributed by atoms with Crippen LogP contribution in [0.25, 0.3) is 0 Å². The Hall–Kier alpha value is -1.50. The van der Waals surface area contributed by atoms with E-state index in [1.165, 1.54) is 16.3 Å². The third-order valence-electron chi connectivity index (χ3n) is 2.94. The molecule has 7 heteroatoms. The molecule has 0 bridgehead atoms. The Labute approximate surface area is 102 Å². The number of hydrogen-bond acceptors (Lipinski definition) is 5. The summed E-state index contributed by atoms with van der Waals surface area (Å²) in [6, 6.07) is 0. The van der Waals surface area contributed by atoms with E-state index in [0.717, 1.165) is 17.8 Å². The summed E-state index contributed by atoms with van der Waals surface area (Å²) < 4.78 is 0. The van der Waals surface area contributed by atoms with Gasteiger partial charge in [-0.3, -0.25) is 5.01 Å². The van der Waals surface area contributed by atoms with Gasteiger partial charge >= 0.3 is 5.97 Å². The molecule has 1 aromatic rings. The van der Waals surface area contributed by atoms with Crippen LogP contribution in [0.3, 0.4) is 0 Å². The fraction of sp³-hybridized carbons (Fsp3) is 0.600. The highest BCUT2D eigenvalue weighted by Gasteiger charge is 2.25. The van der Waals surface area contributed by atoms with Crippen molar-refractivity contribution in [1.29, 1.82) is 0 Å². The first-order valence-electron chi connectivity index (χ1n) is 5.40. The largest absolute Gasteiger partial charge is 0.477 e. The van der Waals surface area contributed by atoms with E-state index >= 15 is 0 Å². The van der Waals surface area contributed by atoms with E-state index in [4.69, 9.17) is 5.11 Å². The molecular weight excluding hydrogens is 242 g/mol. The molecule has 0 amide bonds. The van der Waals surface area contributed by atoms with Crippen molar-refractivity contribution in [3.63, 3.8) is 0 Å². The van der Waals surface area contributed by atoms with Crippen LogP contribution in [0.5, 0.6) is 0 Å². The van der Waals surface area contributed by atoms with Gasteiger partial charge in [0.15, 0.2) is 0 Å². The molecule has 1 aliphatic rings. The maximum absolute atomic E-state index is 10.9. The number of thiazole rings is 1. The predicted molar refractivity (Wildman–Crippen MR) is 63.2 cm³/mol. The lowest BCUT2D eigenvalue weighted by Crippen LogP contribution is -2.28. The highest BCUT2D eigenvalue weighted by Crippen LogP contribution is 2.32. The summed E-state index contributed by atoms with van der Waals surface area (Å²) >= 11 is 1.25. The van der Waals surface area contributed by atoms with Crippen LogP contribution in [0.1, 0.15) is 39.1 Å². The summed E-state index contributed by atoms with van der Waals surface area (Å²) in [5.74, 6) is -0.664. The van der Waals surface area contributed by atoms with Gasteiger partial charge < -0.3 is 5.11 Å². The van der Waals surface area contributed by atoms with Gasteiger partial charge in [-0.1, -0.05) is 0 Å². The zero-order valence-electron chi connectivity index (χ0n) is 9.42. The van der Waals surface area contributed by atoms with Crippen LogP contribution >= 0.6 is 11.3 Å². The Bertz CT molecular complexity index is 438. The molecule has 92 valence electrons. The van der Waals surface area contributed by atoms with E-state index < -0.39 is 5.97 Å². The van der Waals surface area contributed by atoms with Gasteiger partial charge in [-0.15, -0.1) is 16.2 Å². The van der Waals surface area contributed by atoms with Gasteiger partial charge in [0.1, 0.15) is 4.88 Å². The second-order valence-corrected chi connectivity index (χ2v) is 5.11. The molecule has 1 aromatic heterocycles. The zero-order chi connectivity index (χ0) is 12.4. The molecule has 17 heavy (non-hydrogen) atoms. The molecule has 2 rings (SSSR count). The number of nitrogens with zero attached hydrogens (tertiary/aromatic N) is 3. The Morgan fingerprint density at radius 1 is 1.53 bits per heavy atom. The smallest absolute Gasteiger partial charge is 0.347 e. The summed E-state index contributed by atoms with van der Waals surface area (Å²) in [5, 5.41) is 14.2. The standard InChI is InChI=1S/C10H13N3O3S/c1-6-8(10(14)15)17-9(11-6)7-2-4-13(12-16)5-3-7/h7H,2-5H2,1H3,(H,14,15). The molecular formula is C10H13N3O3S. The SMILES string of the molecule is Cc1nc(C2CCN(N=O)CC2)sc1C(=O)O. The summed E-state index contributed by atoms with van der Waals surface area (Å²) in [5.41, 5.74) is 0.577. The number of hydrogen-bond donors (Lipinski definition) is 1. The van der Waals surface area contributed by atoms with Crippen LogP contribution in [-0.2, 0) is 0 Å². The third kappa shape index (κ3) is 2.44. The van der Waals surface area contributed by atoms with Gasteiger partial charge in [-0.25, -0.2) is 9.78 Å². The molecule has 0 unspecified atom stereocenters. The van der Waals surface area contributed by atoms with Gasteiger partial charge in [0.05, 0.1) is 16.0 Å². The highest BCUT2D eigenvalue weighted by atomic mass is 32.1. The van der Waals surface area contributed by atoms with Gasteiger partial charge in [-0.05, 0) is 19.8 Å². The van der Waals surface area contributed by atoms with E-state index in [0.29, 0.717) is 23.7 Å². The maximum atomic E-state index is 10.9. The fourth-order valence-corrected chi connectivity index (χ4v) is 3.06. The summed E-state index contributed by atoms with van der Waals surface area (Å²) in [7, 11) is 0. The second-order valence-electron chi connectivity index (χ2n) is 4.08. The van der Waals surface area contributed by atoms with Crippen molar-refractivity contribution < 1.29 is 9.90 Å². The van der Waals surface area contributed by atoms with Crippen molar-refractivity contribution in [3.8, 4) is 0 Å². The van der Waals surface area contributed by atoms with Crippen molar-refractivity contribution >= 4 is 17.3 Å². The minimum atomic E-state index is -0.918. The average molecular weight is 255 g/mol. The predicted octanol–water partition coefficient (Wildman–Crippen LogP) is 2.01. The van der Waals surface area contributed by atoms with E-state index in [9.17, 15) is 9.70 Å². The molecule has 0 aliphatic carbocycles. The van der Waals surface area contributed by atoms with Crippen molar-refractivity contribution in [2.75, 3.05) is 13.1 Å². The van der Waals surface area contributed by atoms with Crippen molar-refractivity contribution in [2.24, 2.45) is 5.29 Å². The minimum absolute atomic E-state index is 0.254. The number of aromatic carboxylic acids is 1. The van der Waals surface area contributed by atoms with Crippen LogP contribution in [-0.4, -0.2) is 34.2 Å². The minimum Gasteiger partial charge on any atom is -0.477 e. The monoisotopic (exact) mass is 255 g/mol. The fourth-order valence-electron chi connectivity index (χ4n) is 1.98. The van der Waals surface area contributed by atoms with Crippen molar-refractivity contribution in [3.05, 3.63) is 20.5 Å². The average Bonchev–Trinajstić information content (AvgIpc) is 2.71. The lowest BCUT2D eigenvalue weighted by molar-refractivity contribution is 0.0701. The topological polar surface area (TPSA) is 82.9 Å². The molecule has 0 atom stereocenters. The highest BCUT2D eigenvalue weighted by molar-refractivity contribution is 7.13. The van der Waals surface area contributed by atoms with Crippen molar-refractivity contribution in [1.82, 2.24) is 9.99 Å². The molecule has 0 aromatic carbocycles. The van der Waals surface area contributed by atoms with E-state index in [-0.39, 0.29) is 5.92 Å². The molecule has 6 nitrogen and oxygen atoms in total. The molecule has 1 saturated heterocycles. The zero-order valence-corrected chi connectivity index (χ0v) is 10.2. The van der Waals surface area contributed by atoms with Gasteiger partial charge in [0.2, 0.25) is 0 Å². The van der Waals surface area contributed by atoms with Gasteiger partial charge in [-0.2, -0.15) is 0 Å². The first kappa shape index (κ1) is 12.0. The summed E-state index contributed by atoms with van der Waals surface area (Å²) in [4.78, 5) is 25.9. The van der Waals surface area contributed by atoms with Crippen molar-refractivity contribution in [2.45, 2.75) is 25.7 Å². The number of carboxylic acids is 1. The Morgan fingerprint density at radius 2 is 2.18 bits per heavy atom. The van der Waals surface area contributed by atoms with Gasteiger partial charge in [0.25, 0.3) is 0 Å². The van der Waals surface area contributed by atoms with Crippen LogP contribution in [0.15, 0.2) is 5.29 Å². The van der Waals surface area contributed by atoms with Crippen LogP contribution < -0.4 is 0 Å². The first-order valence-corrected chi connectivity index (χ1v) is 6.22. The lowest BCUT2D eigenvalue weighted by atomic mass is 9.99. The Balaban J connectivity index is 2.11. The molecule has 1 fully saturated rings. The number of carbonyl (C=O) groups is 1. The maximum Gasteiger partial charge on any atom is 0.347 e.